The molecule has 2 heterocycles. The van der Waals surface area contributed by atoms with Gasteiger partial charge in [-0.3, -0.25) is 4.79 Å². The number of nitrogen functional groups attached to an aromatic ring is 1. The van der Waals surface area contributed by atoms with Crippen LogP contribution >= 0.6 is 22.7 Å². The summed E-state index contributed by atoms with van der Waals surface area (Å²) in [6.07, 6.45) is 1.43. The summed E-state index contributed by atoms with van der Waals surface area (Å²) in [6.45, 7) is 5.74. The number of ketones is 1. The van der Waals surface area contributed by atoms with Crippen molar-refractivity contribution in [2.45, 2.75) is 32.1 Å². The molecule has 5 rings (SSSR count). The van der Waals surface area contributed by atoms with Crippen molar-refractivity contribution < 1.29 is 13.2 Å². The van der Waals surface area contributed by atoms with Crippen molar-refractivity contribution >= 4 is 44.0 Å². The molecule has 0 saturated carbocycles. The van der Waals surface area contributed by atoms with Crippen molar-refractivity contribution in [2.24, 2.45) is 0 Å². The number of nitrogens with zero attached hydrogens (tertiary/aromatic N) is 2. The summed E-state index contributed by atoms with van der Waals surface area (Å²) >= 11 is 3.27. The molecule has 39 heavy (non-hydrogen) atoms. The molecule has 2 aromatic heterocycles. The Kier molecular flexibility index (Phi) is 8.74. The molecule has 0 fully saturated rings. The highest BCUT2D eigenvalue weighted by atomic mass is 32.2. The topological polar surface area (TPSA) is 103 Å². The molecular weight excluding hydrogens is 547 g/mol. The molecule has 2 N–H and O–H groups in total. The Balaban J connectivity index is 0.000000226. The number of benzene rings is 3. The van der Waals surface area contributed by atoms with Crippen molar-refractivity contribution in [3.63, 3.8) is 0 Å². The standard InChI is InChI=1S/C20H19NO3S2.C10H10N2S/c1-13-10-17(26(3,23)24)8-9-18(13)20(22)11-15-4-6-16(7-5-15)19-12-25-14(2)21-19;1-7-12-10(6-13-7)8-2-4-9(11)5-3-8/h4-10,12H,11H2,1-3H3;2-6H,11H2,1H3. The van der Waals surface area contributed by atoms with E-state index >= 15 is 0 Å². The van der Waals surface area contributed by atoms with E-state index in [0.717, 1.165) is 50.0 Å². The van der Waals surface area contributed by atoms with Gasteiger partial charge in [0.15, 0.2) is 15.6 Å². The number of aryl methyl sites for hydroxylation is 3. The van der Waals surface area contributed by atoms with Crippen molar-refractivity contribution in [1.29, 1.82) is 0 Å². The number of thiazole rings is 2. The fourth-order valence-corrected chi connectivity index (χ4v) is 5.85. The molecule has 3 aromatic carbocycles. The lowest BCUT2D eigenvalue weighted by atomic mass is 9.98. The van der Waals surface area contributed by atoms with Crippen LogP contribution < -0.4 is 5.73 Å². The Morgan fingerprint density at radius 3 is 1.74 bits per heavy atom. The van der Waals surface area contributed by atoms with E-state index in [0.29, 0.717) is 11.1 Å². The fraction of sp³-hybridized carbons (Fsp3) is 0.167. The molecule has 0 unspecified atom stereocenters. The monoisotopic (exact) mass is 575 g/mol. The maximum Gasteiger partial charge on any atom is 0.175 e. The van der Waals surface area contributed by atoms with E-state index < -0.39 is 9.84 Å². The zero-order valence-corrected chi connectivity index (χ0v) is 24.6. The largest absolute Gasteiger partial charge is 0.399 e. The van der Waals surface area contributed by atoms with Gasteiger partial charge in [-0.05, 0) is 62.2 Å². The average Bonchev–Trinajstić information content (AvgIpc) is 3.53. The van der Waals surface area contributed by atoms with Crippen molar-refractivity contribution in [2.75, 3.05) is 12.0 Å². The zero-order valence-electron chi connectivity index (χ0n) is 22.1. The molecule has 200 valence electrons. The zero-order chi connectivity index (χ0) is 28.2. The first-order valence-corrected chi connectivity index (χ1v) is 15.8. The molecule has 0 saturated heterocycles. The lowest BCUT2D eigenvalue weighted by Gasteiger charge is -2.08. The van der Waals surface area contributed by atoms with Crippen LogP contribution in [0, 0.1) is 20.8 Å². The summed E-state index contributed by atoms with van der Waals surface area (Å²) in [4.78, 5) is 21.7. The van der Waals surface area contributed by atoms with E-state index in [1.165, 1.54) is 6.07 Å². The van der Waals surface area contributed by atoms with Gasteiger partial charge in [0.1, 0.15) is 0 Å². The van der Waals surface area contributed by atoms with Crippen LogP contribution in [0.3, 0.4) is 0 Å². The highest BCUT2D eigenvalue weighted by Gasteiger charge is 2.14. The molecule has 0 atom stereocenters. The Hall–Kier alpha value is -3.66. The number of hydrogen-bond donors (Lipinski definition) is 1. The van der Waals surface area contributed by atoms with Crippen LogP contribution in [0.2, 0.25) is 0 Å². The highest BCUT2D eigenvalue weighted by molar-refractivity contribution is 7.90. The first-order valence-electron chi connectivity index (χ1n) is 12.1. The Morgan fingerprint density at radius 1 is 0.795 bits per heavy atom. The summed E-state index contributed by atoms with van der Waals surface area (Å²) in [6, 6.07) is 20.2. The van der Waals surface area contributed by atoms with Crippen LogP contribution in [-0.4, -0.2) is 30.4 Å². The Labute approximate surface area is 237 Å². The van der Waals surface area contributed by atoms with Gasteiger partial charge < -0.3 is 5.73 Å². The number of Topliss-reactive ketones (excluding diaryl/α,β-unsaturated/α-hetero) is 1. The van der Waals surface area contributed by atoms with Gasteiger partial charge >= 0.3 is 0 Å². The second-order valence-electron chi connectivity index (χ2n) is 9.17. The van der Waals surface area contributed by atoms with Crippen LogP contribution in [0.1, 0.15) is 31.5 Å². The highest BCUT2D eigenvalue weighted by Crippen LogP contribution is 2.24. The van der Waals surface area contributed by atoms with Crippen molar-refractivity contribution in [3.05, 3.63) is 104 Å². The molecular formula is C30H29N3O3S3. The predicted octanol–water partition coefficient (Wildman–Crippen LogP) is 6.96. The maximum atomic E-state index is 12.6. The quantitative estimate of drug-likeness (QED) is 0.173. The molecule has 0 aliphatic rings. The van der Waals surface area contributed by atoms with Gasteiger partial charge in [-0.15, -0.1) is 22.7 Å². The number of rotatable bonds is 6. The molecule has 9 heteroatoms. The number of hydrogen-bond acceptors (Lipinski definition) is 8. The normalized spacial score (nSPS) is 11.1. The number of anilines is 1. The van der Waals surface area contributed by atoms with Crippen LogP contribution in [0.5, 0.6) is 0 Å². The minimum absolute atomic E-state index is 0.0280. The van der Waals surface area contributed by atoms with E-state index in [9.17, 15) is 13.2 Å². The predicted molar refractivity (Wildman–Crippen MR) is 161 cm³/mol. The van der Waals surface area contributed by atoms with Gasteiger partial charge in [-0.25, -0.2) is 18.4 Å². The summed E-state index contributed by atoms with van der Waals surface area (Å²) < 4.78 is 23.2. The lowest BCUT2D eigenvalue weighted by molar-refractivity contribution is 0.0992. The van der Waals surface area contributed by atoms with E-state index in [2.05, 4.69) is 15.3 Å². The first kappa shape index (κ1) is 28.4. The number of nitrogens with two attached hydrogens (primary N) is 1. The molecule has 0 amide bonds. The van der Waals surface area contributed by atoms with Crippen LogP contribution in [0.4, 0.5) is 5.69 Å². The summed E-state index contributed by atoms with van der Waals surface area (Å²) in [7, 11) is -3.27. The molecule has 0 aliphatic carbocycles. The van der Waals surface area contributed by atoms with Crippen molar-refractivity contribution in [1.82, 2.24) is 9.97 Å². The number of sulfone groups is 1. The summed E-state index contributed by atoms with van der Waals surface area (Å²) in [5, 5.41) is 6.18. The molecule has 5 aromatic rings. The van der Waals surface area contributed by atoms with Gasteiger partial charge in [0.25, 0.3) is 0 Å². The lowest BCUT2D eigenvalue weighted by Crippen LogP contribution is -2.07. The molecule has 0 bridgehead atoms. The summed E-state index contributed by atoms with van der Waals surface area (Å²) in [5.41, 5.74) is 12.6. The maximum absolute atomic E-state index is 12.6. The smallest absolute Gasteiger partial charge is 0.175 e. The van der Waals surface area contributed by atoms with E-state index in [-0.39, 0.29) is 17.1 Å². The Morgan fingerprint density at radius 2 is 1.31 bits per heavy atom. The van der Waals surface area contributed by atoms with Crippen LogP contribution in [0.25, 0.3) is 22.5 Å². The van der Waals surface area contributed by atoms with E-state index in [4.69, 9.17) is 5.73 Å². The minimum Gasteiger partial charge on any atom is -0.399 e. The van der Waals surface area contributed by atoms with Gasteiger partial charge in [0.2, 0.25) is 0 Å². The molecule has 6 nitrogen and oxygen atoms in total. The van der Waals surface area contributed by atoms with E-state index in [1.807, 2.05) is 67.8 Å². The second kappa shape index (κ2) is 12.0. The Bertz CT molecular complexity index is 1700. The summed E-state index contributed by atoms with van der Waals surface area (Å²) in [5.74, 6) is -0.0280. The third-order valence-corrected chi connectivity index (χ3v) is 8.64. The number of aromatic nitrogens is 2. The average molecular weight is 576 g/mol. The van der Waals surface area contributed by atoms with Crippen LogP contribution in [0.15, 0.2) is 82.4 Å². The van der Waals surface area contributed by atoms with E-state index in [1.54, 1.807) is 41.7 Å². The van der Waals surface area contributed by atoms with Crippen molar-refractivity contribution in [3.8, 4) is 22.5 Å². The molecule has 0 radical (unpaired) electrons. The van der Waals surface area contributed by atoms with Gasteiger partial charge in [-0.1, -0.05) is 36.4 Å². The SMILES string of the molecule is Cc1nc(-c2ccc(CC(=O)c3ccc(S(C)(=O)=O)cc3C)cc2)cs1.Cc1nc(-c2ccc(N)cc2)cs1. The van der Waals surface area contributed by atoms with Gasteiger partial charge in [-0.2, -0.15) is 0 Å². The first-order chi connectivity index (χ1) is 18.5. The van der Waals surface area contributed by atoms with Crippen LogP contribution in [-0.2, 0) is 16.3 Å². The van der Waals surface area contributed by atoms with Gasteiger partial charge in [0, 0.05) is 45.8 Å². The third kappa shape index (κ3) is 7.47. The number of carbonyl (C=O) groups is 1. The van der Waals surface area contributed by atoms with Gasteiger partial charge in [0.05, 0.1) is 26.3 Å². The molecule has 0 aliphatic heterocycles. The third-order valence-electron chi connectivity index (χ3n) is 5.99. The fourth-order valence-electron chi connectivity index (χ4n) is 3.90. The minimum atomic E-state index is -3.27. The second-order valence-corrected chi connectivity index (χ2v) is 13.3. The number of carbonyl (C=O) groups excluding carboxylic acids is 1. The molecule has 0 spiro atoms.